The quantitative estimate of drug-likeness (QED) is 0.718. The topological polar surface area (TPSA) is 78.3 Å². The molecule has 1 aromatic rings. The number of benzene rings is 1. The molecule has 0 bridgehead atoms. The molecule has 0 spiro atoms. The fraction of sp³-hybridized carbons (Fsp3) is 0.364. The minimum Gasteiger partial charge on any atom is -0.465 e. The fourth-order valence-electron chi connectivity index (χ4n) is 1.36. The van der Waals surface area contributed by atoms with Crippen LogP contribution in [0.1, 0.15) is 28.4 Å². The molecule has 0 aliphatic carbocycles. The summed E-state index contributed by atoms with van der Waals surface area (Å²) in [6.45, 7) is 0.531. The molecule has 0 aliphatic heterocycles. The molecule has 1 rings (SSSR count). The molecule has 4 nitrogen and oxygen atoms in total. The van der Waals surface area contributed by atoms with Crippen LogP contribution in [0.4, 0.5) is 0 Å². The van der Waals surface area contributed by atoms with Crippen LogP contribution in [0.25, 0.3) is 0 Å². The molecule has 0 fully saturated rings. The fourth-order valence-corrected chi connectivity index (χ4v) is 1.36. The van der Waals surface area contributed by atoms with Gasteiger partial charge in [0.05, 0.1) is 12.7 Å². The number of hydrogen-bond donors (Lipinski definition) is 2. The molecule has 0 saturated carbocycles. The monoisotopic (exact) mass is 208 g/mol. The van der Waals surface area contributed by atoms with Crippen LogP contribution in [0.3, 0.4) is 0 Å². The van der Waals surface area contributed by atoms with E-state index in [1.165, 1.54) is 7.11 Å². The molecule has 0 unspecified atom stereocenters. The van der Waals surface area contributed by atoms with Gasteiger partial charge in [-0.05, 0) is 30.7 Å². The molecule has 0 radical (unpaired) electrons. The maximum absolute atomic E-state index is 11.3. The van der Waals surface area contributed by atoms with Crippen LogP contribution in [0.15, 0.2) is 24.3 Å². The molecule has 1 aromatic carbocycles. The van der Waals surface area contributed by atoms with Gasteiger partial charge in [-0.25, -0.2) is 4.79 Å². The highest BCUT2D eigenvalue weighted by Crippen LogP contribution is 2.15. The average Bonchev–Trinajstić information content (AvgIpc) is 2.28. The molecule has 15 heavy (non-hydrogen) atoms. The number of esters is 1. The third-order valence-corrected chi connectivity index (χ3v) is 2.21. The summed E-state index contributed by atoms with van der Waals surface area (Å²) in [6, 6.07) is 6.99. The lowest BCUT2D eigenvalue weighted by molar-refractivity contribution is 0.0600. The van der Waals surface area contributed by atoms with E-state index in [0.717, 1.165) is 5.56 Å². The number of nitrogens with two attached hydrogens (primary N) is 2. The number of carbonyl (C=O) groups is 1. The van der Waals surface area contributed by atoms with Crippen molar-refractivity contribution in [2.45, 2.75) is 12.5 Å². The van der Waals surface area contributed by atoms with E-state index < -0.39 is 0 Å². The van der Waals surface area contributed by atoms with E-state index in [1.54, 1.807) is 18.2 Å². The highest BCUT2D eigenvalue weighted by Gasteiger charge is 2.09. The maximum atomic E-state index is 11.3. The van der Waals surface area contributed by atoms with Crippen molar-refractivity contribution in [3.63, 3.8) is 0 Å². The van der Waals surface area contributed by atoms with Crippen molar-refractivity contribution < 1.29 is 9.53 Å². The lowest BCUT2D eigenvalue weighted by atomic mass is 10.0. The molecule has 0 saturated heterocycles. The van der Waals surface area contributed by atoms with E-state index in [9.17, 15) is 4.79 Å². The van der Waals surface area contributed by atoms with Crippen LogP contribution in [-0.4, -0.2) is 19.6 Å². The van der Waals surface area contributed by atoms with Gasteiger partial charge in [0.15, 0.2) is 0 Å². The van der Waals surface area contributed by atoms with E-state index in [4.69, 9.17) is 11.5 Å². The van der Waals surface area contributed by atoms with Crippen LogP contribution in [-0.2, 0) is 4.74 Å². The van der Waals surface area contributed by atoms with E-state index in [-0.39, 0.29) is 12.0 Å². The van der Waals surface area contributed by atoms with Gasteiger partial charge in [-0.1, -0.05) is 12.1 Å². The van der Waals surface area contributed by atoms with Crippen molar-refractivity contribution in [2.75, 3.05) is 13.7 Å². The summed E-state index contributed by atoms with van der Waals surface area (Å²) < 4.78 is 4.63. The first-order chi connectivity index (χ1) is 7.19. The third-order valence-electron chi connectivity index (χ3n) is 2.21. The molecule has 1 atom stereocenters. The largest absolute Gasteiger partial charge is 0.465 e. The third kappa shape index (κ3) is 3.04. The Labute approximate surface area is 89.2 Å². The van der Waals surface area contributed by atoms with Crippen molar-refractivity contribution in [1.29, 1.82) is 0 Å². The van der Waals surface area contributed by atoms with Gasteiger partial charge >= 0.3 is 5.97 Å². The van der Waals surface area contributed by atoms with Crippen LogP contribution in [0.2, 0.25) is 0 Å². The van der Waals surface area contributed by atoms with E-state index >= 15 is 0 Å². The molecule has 0 aliphatic rings. The summed E-state index contributed by atoms with van der Waals surface area (Å²) in [5.41, 5.74) is 12.7. The SMILES string of the molecule is COC(=O)c1cccc([C@@H](N)CCN)c1. The number of rotatable bonds is 4. The molecule has 4 N–H and O–H groups in total. The summed E-state index contributed by atoms with van der Waals surface area (Å²) in [6.07, 6.45) is 0.699. The first kappa shape index (κ1) is 11.7. The molecule has 82 valence electrons. The summed E-state index contributed by atoms with van der Waals surface area (Å²) in [5.74, 6) is -0.350. The Hall–Kier alpha value is -1.39. The Kier molecular flexibility index (Phi) is 4.27. The minimum atomic E-state index is -0.350. The van der Waals surface area contributed by atoms with E-state index in [1.807, 2.05) is 6.07 Å². The van der Waals surface area contributed by atoms with Gasteiger partial charge in [-0.3, -0.25) is 0 Å². The Balaban J connectivity index is 2.87. The van der Waals surface area contributed by atoms with E-state index in [2.05, 4.69) is 4.74 Å². The zero-order valence-electron chi connectivity index (χ0n) is 8.77. The summed E-state index contributed by atoms with van der Waals surface area (Å²) >= 11 is 0. The first-order valence-corrected chi connectivity index (χ1v) is 4.83. The lowest BCUT2D eigenvalue weighted by Gasteiger charge is -2.11. The van der Waals surface area contributed by atoms with Gasteiger partial charge in [0.25, 0.3) is 0 Å². The molecular formula is C11H16N2O2. The molecular weight excluding hydrogens is 192 g/mol. The average molecular weight is 208 g/mol. The predicted octanol–water partition coefficient (Wildman–Crippen LogP) is 0.822. The first-order valence-electron chi connectivity index (χ1n) is 4.83. The van der Waals surface area contributed by atoms with Crippen molar-refractivity contribution in [3.8, 4) is 0 Å². The normalized spacial score (nSPS) is 12.2. The van der Waals surface area contributed by atoms with Crippen LogP contribution in [0.5, 0.6) is 0 Å². The lowest BCUT2D eigenvalue weighted by Crippen LogP contribution is -2.15. The molecule has 4 heteroatoms. The van der Waals surface area contributed by atoms with Crippen LogP contribution in [0, 0.1) is 0 Å². The van der Waals surface area contributed by atoms with Crippen LogP contribution >= 0.6 is 0 Å². The Morgan fingerprint density at radius 1 is 1.53 bits per heavy atom. The van der Waals surface area contributed by atoms with Gasteiger partial charge in [0, 0.05) is 6.04 Å². The second-order valence-corrected chi connectivity index (χ2v) is 3.30. The van der Waals surface area contributed by atoms with Gasteiger partial charge in [0.2, 0.25) is 0 Å². The number of carbonyl (C=O) groups excluding carboxylic acids is 1. The second kappa shape index (κ2) is 5.48. The molecule has 0 amide bonds. The van der Waals surface area contributed by atoms with Crippen molar-refractivity contribution in [3.05, 3.63) is 35.4 Å². The number of hydrogen-bond acceptors (Lipinski definition) is 4. The van der Waals surface area contributed by atoms with Crippen molar-refractivity contribution >= 4 is 5.97 Å². The number of methoxy groups -OCH3 is 1. The highest BCUT2D eigenvalue weighted by atomic mass is 16.5. The second-order valence-electron chi connectivity index (χ2n) is 3.30. The molecule has 0 heterocycles. The van der Waals surface area contributed by atoms with E-state index in [0.29, 0.717) is 18.5 Å². The maximum Gasteiger partial charge on any atom is 0.337 e. The van der Waals surface area contributed by atoms with Gasteiger partial charge in [0.1, 0.15) is 0 Å². The molecule has 0 aromatic heterocycles. The summed E-state index contributed by atoms with van der Waals surface area (Å²) in [5, 5.41) is 0. The van der Waals surface area contributed by atoms with Crippen LogP contribution < -0.4 is 11.5 Å². The van der Waals surface area contributed by atoms with Gasteiger partial charge in [-0.15, -0.1) is 0 Å². The van der Waals surface area contributed by atoms with Gasteiger partial charge in [-0.2, -0.15) is 0 Å². The standard InChI is InChI=1S/C11H16N2O2/c1-15-11(14)9-4-2-3-8(7-9)10(13)5-6-12/h2-4,7,10H,5-6,12-13H2,1H3/t10-/m0/s1. The minimum absolute atomic E-state index is 0.125. The summed E-state index contributed by atoms with van der Waals surface area (Å²) in [7, 11) is 1.36. The van der Waals surface area contributed by atoms with Crippen molar-refractivity contribution in [2.24, 2.45) is 11.5 Å². The zero-order valence-corrected chi connectivity index (χ0v) is 8.77. The Morgan fingerprint density at radius 2 is 2.27 bits per heavy atom. The predicted molar refractivity (Wildman–Crippen MR) is 58.4 cm³/mol. The van der Waals surface area contributed by atoms with Crippen molar-refractivity contribution in [1.82, 2.24) is 0 Å². The Morgan fingerprint density at radius 3 is 2.87 bits per heavy atom. The number of ether oxygens (including phenoxy) is 1. The Bertz CT molecular complexity index is 339. The smallest absolute Gasteiger partial charge is 0.337 e. The highest BCUT2D eigenvalue weighted by molar-refractivity contribution is 5.89. The summed E-state index contributed by atoms with van der Waals surface area (Å²) in [4.78, 5) is 11.3. The van der Waals surface area contributed by atoms with Gasteiger partial charge < -0.3 is 16.2 Å². The zero-order chi connectivity index (χ0) is 11.3.